The summed E-state index contributed by atoms with van der Waals surface area (Å²) in [5.74, 6) is -4.10. The number of carboxylic acids is 2. The molecule has 10 nitrogen and oxygen atoms in total. The van der Waals surface area contributed by atoms with Crippen molar-refractivity contribution in [2.45, 2.75) is 49.2 Å². The molecule has 39 heavy (non-hydrogen) atoms. The minimum absolute atomic E-state index is 0.102. The van der Waals surface area contributed by atoms with Gasteiger partial charge in [0, 0.05) is 25.3 Å². The van der Waals surface area contributed by atoms with Gasteiger partial charge in [-0.1, -0.05) is 6.42 Å². The van der Waals surface area contributed by atoms with Crippen molar-refractivity contribution in [3.8, 4) is 0 Å². The summed E-state index contributed by atoms with van der Waals surface area (Å²) in [6.45, 7) is 3.65. The Morgan fingerprint density at radius 1 is 0.974 bits per heavy atom. The number of aliphatic carboxylic acids is 1. The second-order valence-electron chi connectivity index (χ2n) is 9.08. The fraction of sp³-hybridized carbons (Fsp3) is 0.458. The number of aromatic nitrogens is 1. The van der Waals surface area contributed by atoms with E-state index in [2.05, 4.69) is 14.6 Å². The van der Waals surface area contributed by atoms with Gasteiger partial charge in [0.05, 0.1) is 16.1 Å². The Kier molecular flexibility index (Phi) is 9.72. The molecule has 4 rings (SSSR count). The van der Waals surface area contributed by atoms with Crippen LogP contribution in [-0.4, -0.2) is 78.9 Å². The van der Waals surface area contributed by atoms with Crippen LogP contribution in [-0.2, 0) is 14.8 Å². The zero-order valence-corrected chi connectivity index (χ0v) is 21.5. The molecule has 1 aromatic carbocycles. The highest BCUT2D eigenvalue weighted by Crippen LogP contribution is 2.31. The fourth-order valence-electron chi connectivity index (χ4n) is 4.45. The van der Waals surface area contributed by atoms with E-state index in [4.69, 9.17) is 9.90 Å². The van der Waals surface area contributed by atoms with Crippen LogP contribution >= 0.6 is 0 Å². The van der Waals surface area contributed by atoms with Crippen LogP contribution in [0.2, 0.25) is 0 Å². The van der Waals surface area contributed by atoms with Crippen LogP contribution in [0.1, 0.15) is 42.5 Å². The Bertz CT molecular complexity index is 1260. The van der Waals surface area contributed by atoms with E-state index in [1.807, 2.05) is 4.90 Å². The van der Waals surface area contributed by atoms with Gasteiger partial charge in [0.1, 0.15) is 5.82 Å². The van der Waals surface area contributed by atoms with Gasteiger partial charge in [0.25, 0.3) is 10.0 Å². The highest BCUT2D eigenvalue weighted by molar-refractivity contribution is 7.92. The highest BCUT2D eigenvalue weighted by atomic mass is 32.2. The number of carboxylic acid groups (broad SMARTS) is 2. The molecule has 2 saturated heterocycles. The number of pyridine rings is 1. The number of rotatable bonds is 6. The van der Waals surface area contributed by atoms with Gasteiger partial charge in [0.15, 0.2) is 5.82 Å². The minimum Gasteiger partial charge on any atom is -0.478 e. The van der Waals surface area contributed by atoms with Gasteiger partial charge in [-0.05, 0) is 69.1 Å². The van der Waals surface area contributed by atoms with Gasteiger partial charge in [-0.3, -0.25) is 4.72 Å². The summed E-state index contributed by atoms with van der Waals surface area (Å²) in [6.07, 6.45) is 1.78. The minimum atomic E-state index is -5.08. The van der Waals surface area contributed by atoms with Gasteiger partial charge in [-0.15, -0.1) is 0 Å². The topological polar surface area (TPSA) is 140 Å². The second-order valence-corrected chi connectivity index (χ2v) is 10.8. The summed E-state index contributed by atoms with van der Waals surface area (Å²) in [5.41, 5.74) is -0.0144. The number of sulfonamides is 1. The number of halogens is 4. The Hall–Kier alpha value is -3.46. The first-order chi connectivity index (χ1) is 18.3. The van der Waals surface area contributed by atoms with E-state index in [9.17, 15) is 35.9 Å². The maximum Gasteiger partial charge on any atom is 0.490 e. The quantitative estimate of drug-likeness (QED) is 0.438. The van der Waals surface area contributed by atoms with Crippen LogP contribution < -0.4 is 9.62 Å². The first-order valence-corrected chi connectivity index (χ1v) is 13.6. The number of aromatic carboxylic acids is 1. The Morgan fingerprint density at radius 2 is 1.54 bits per heavy atom. The normalized spacial score (nSPS) is 17.2. The number of nitrogens with one attached hydrogen (secondary N) is 1. The molecular formula is C24H28F4N4O6S. The smallest absolute Gasteiger partial charge is 0.478 e. The Labute approximate surface area is 222 Å². The molecule has 0 amide bonds. The number of piperidine rings is 2. The molecule has 2 aromatic rings. The first kappa shape index (κ1) is 30.1. The third-order valence-corrected chi connectivity index (χ3v) is 7.78. The molecule has 1 aromatic heterocycles. The van der Waals surface area contributed by atoms with Crippen molar-refractivity contribution in [1.29, 1.82) is 0 Å². The molecule has 214 valence electrons. The molecular weight excluding hydrogens is 548 g/mol. The molecule has 3 N–H and O–H groups in total. The zero-order valence-electron chi connectivity index (χ0n) is 20.7. The second kappa shape index (κ2) is 12.6. The maximum atomic E-state index is 13.2. The van der Waals surface area contributed by atoms with E-state index in [1.165, 1.54) is 31.5 Å². The van der Waals surface area contributed by atoms with Gasteiger partial charge >= 0.3 is 18.1 Å². The van der Waals surface area contributed by atoms with Gasteiger partial charge in [-0.25, -0.2) is 27.4 Å². The average molecular weight is 577 g/mol. The molecule has 0 spiro atoms. The van der Waals surface area contributed by atoms with Crippen molar-refractivity contribution in [3.63, 3.8) is 0 Å². The molecule has 2 aliphatic heterocycles. The molecule has 0 unspecified atom stereocenters. The van der Waals surface area contributed by atoms with Crippen LogP contribution in [0.4, 0.5) is 29.1 Å². The summed E-state index contributed by atoms with van der Waals surface area (Å²) in [7, 11) is -4.05. The number of hydrogen-bond acceptors (Lipinski definition) is 7. The third kappa shape index (κ3) is 8.26. The number of likely N-dealkylation sites (tertiary alicyclic amines) is 1. The SMILES string of the molecule is O=C(O)C(F)(F)F.O=C(O)c1cnc(N2CCC(N3CCCCC3)CC2)c(NS(=O)(=O)c2ccc(F)cc2)c1. The van der Waals surface area contributed by atoms with Crippen molar-refractivity contribution in [2.24, 2.45) is 0 Å². The molecule has 2 aliphatic rings. The van der Waals surface area contributed by atoms with Crippen LogP contribution in [0, 0.1) is 5.82 Å². The molecule has 0 bridgehead atoms. The van der Waals surface area contributed by atoms with Crippen molar-refractivity contribution in [2.75, 3.05) is 35.8 Å². The number of carbonyl (C=O) groups is 2. The third-order valence-electron chi connectivity index (χ3n) is 6.40. The van der Waals surface area contributed by atoms with E-state index in [-0.39, 0.29) is 16.1 Å². The lowest BCUT2D eigenvalue weighted by Gasteiger charge is -2.40. The fourth-order valence-corrected chi connectivity index (χ4v) is 5.50. The molecule has 0 radical (unpaired) electrons. The Balaban J connectivity index is 0.000000532. The molecule has 15 heteroatoms. The number of alkyl halides is 3. The summed E-state index contributed by atoms with van der Waals surface area (Å²) in [6, 6.07) is 6.23. The van der Waals surface area contributed by atoms with Crippen LogP contribution in [0.5, 0.6) is 0 Å². The van der Waals surface area contributed by atoms with E-state index < -0.39 is 34.0 Å². The first-order valence-electron chi connectivity index (χ1n) is 12.1. The largest absolute Gasteiger partial charge is 0.490 e. The van der Waals surface area contributed by atoms with Crippen molar-refractivity contribution in [3.05, 3.63) is 47.9 Å². The van der Waals surface area contributed by atoms with Gasteiger partial charge in [-0.2, -0.15) is 13.2 Å². The van der Waals surface area contributed by atoms with Crippen LogP contribution in [0.25, 0.3) is 0 Å². The summed E-state index contributed by atoms with van der Waals surface area (Å²) in [4.78, 5) is 29.1. The van der Waals surface area contributed by atoms with E-state index in [0.29, 0.717) is 24.9 Å². The standard InChI is InChI=1S/C22H27FN4O4S.C2HF3O2/c23-17-4-6-19(7-5-17)32(30,31)25-20-14-16(22(28)29)15-24-21(20)27-12-8-18(9-13-27)26-10-2-1-3-11-26;3-2(4,5)1(6)7/h4-7,14-15,18,25H,1-3,8-13H2,(H,28,29);(H,6,7). The average Bonchev–Trinajstić information content (AvgIpc) is 2.89. The van der Waals surface area contributed by atoms with Crippen LogP contribution in [0.15, 0.2) is 41.4 Å². The van der Waals surface area contributed by atoms with E-state index >= 15 is 0 Å². The van der Waals surface area contributed by atoms with Crippen molar-refractivity contribution in [1.82, 2.24) is 9.88 Å². The summed E-state index contributed by atoms with van der Waals surface area (Å²) >= 11 is 0. The van der Waals surface area contributed by atoms with Gasteiger partial charge < -0.3 is 20.0 Å². The lowest BCUT2D eigenvalue weighted by molar-refractivity contribution is -0.192. The van der Waals surface area contributed by atoms with Crippen LogP contribution in [0.3, 0.4) is 0 Å². The summed E-state index contributed by atoms with van der Waals surface area (Å²) in [5, 5.41) is 16.5. The number of nitrogens with zero attached hydrogens (tertiary/aromatic N) is 3. The van der Waals surface area contributed by atoms with Crippen molar-refractivity contribution >= 4 is 33.5 Å². The molecule has 0 aliphatic carbocycles. The van der Waals surface area contributed by atoms with E-state index in [0.717, 1.165) is 50.2 Å². The summed E-state index contributed by atoms with van der Waals surface area (Å²) < 4.78 is 73.1. The number of benzene rings is 1. The predicted molar refractivity (Wildman–Crippen MR) is 133 cm³/mol. The molecule has 2 fully saturated rings. The molecule has 0 atom stereocenters. The molecule has 3 heterocycles. The molecule has 0 saturated carbocycles. The van der Waals surface area contributed by atoms with Gasteiger partial charge in [0.2, 0.25) is 0 Å². The lowest BCUT2D eigenvalue weighted by atomic mass is 10.00. The van der Waals surface area contributed by atoms with Crippen molar-refractivity contribution < 1.29 is 45.8 Å². The number of anilines is 2. The lowest BCUT2D eigenvalue weighted by Crippen LogP contribution is -2.47. The predicted octanol–water partition coefficient (Wildman–Crippen LogP) is 3.81. The zero-order chi connectivity index (χ0) is 28.8. The highest BCUT2D eigenvalue weighted by Gasteiger charge is 2.38. The Morgan fingerprint density at radius 3 is 2.05 bits per heavy atom. The monoisotopic (exact) mass is 576 g/mol. The number of hydrogen-bond donors (Lipinski definition) is 3. The maximum absolute atomic E-state index is 13.2. The van der Waals surface area contributed by atoms with E-state index in [1.54, 1.807) is 0 Å².